The van der Waals surface area contributed by atoms with Crippen molar-refractivity contribution in [3.63, 3.8) is 0 Å². The minimum Gasteiger partial charge on any atom is -0.306 e. The Hall–Kier alpha value is -0.550. The molecule has 0 saturated heterocycles. The smallest absolute Gasteiger partial charge is 0.0154 e. The van der Waals surface area contributed by atoms with Gasteiger partial charge in [-0.05, 0) is 42.3 Å². The summed E-state index contributed by atoms with van der Waals surface area (Å²) in [7, 11) is 12.1. The van der Waals surface area contributed by atoms with Gasteiger partial charge in [0.25, 0.3) is 0 Å². The van der Waals surface area contributed by atoms with E-state index in [0.29, 0.717) is 0 Å². The maximum absolute atomic E-state index is 3.56. The van der Waals surface area contributed by atoms with E-state index < -0.39 is 0 Å². The van der Waals surface area contributed by atoms with E-state index in [1.54, 1.807) is 0 Å². The second kappa shape index (κ2) is 26.7. The van der Waals surface area contributed by atoms with Gasteiger partial charge in [-0.2, -0.15) is 6.08 Å². The van der Waals surface area contributed by atoms with Crippen LogP contribution < -0.4 is 0 Å². The SMILES string of the molecule is C=CCN(C)C.C=CCN(C)C.C=CCN(C)C.CCC1=[C-]CC=C1.[Hf]. The van der Waals surface area contributed by atoms with E-state index in [1.807, 2.05) is 60.5 Å². The molecule has 0 unspecified atom stereocenters. The first kappa shape index (κ1) is 33.1. The van der Waals surface area contributed by atoms with Gasteiger partial charge in [0, 0.05) is 45.5 Å². The van der Waals surface area contributed by atoms with Crippen LogP contribution in [0, 0.1) is 6.08 Å². The summed E-state index contributed by atoms with van der Waals surface area (Å²) < 4.78 is 0. The Morgan fingerprint density at radius 1 is 0.846 bits per heavy atom. The van der Waals surface area contributed by atoms with Gasteiger partial charge in [-0.15, -0.1) is 26.2 Å². The molecule has 0 fully saturated rings. The molecule has 0 bridgehead atoms. The van der Waals surface area contributed by atoms with Crippen LogP contribution in [0.15, 0.2) is 55.7 Å². The zero-order valence-corrected chi connectivity index (χ0v) is 22.0. The second-order valence-corrected chi connectivity index (χ2v) is 6.31. The summed E-state index contributed by atoms with van der Waals surface area (Å²) in [6.45, 7) is 15.7. The van der Waals surface area contributed by atoms with Crippen molar-refractivity contribution in [3.05, 3.63) is 61.8 Å². The molecule has 0 heterocycles. The van der Waals surface area contributed by atoms with Crippen LogP contribution in [0.4, 0.5) is 0 Å². The first-order chi connectivity index (χ1) is 11.7. The molecular formula is C22H42HfN3-. The monoisotopic (exact) mass is 528 g/mol. The fraction of sp³-hybridized carbons (Fsp3) is 0.545. The van der Waals surface area contributed by atoms with Crippen molar-refractivity contribution in [1.82, 2.24) is 14.7 Å². The molecule has 1 rings (SSSR count). The standard InChI is InChI=1S/C7H9.3C5H11N.Hf/c1-2-7-5-3-4-6-7;3*1-4-5-6(2)3;/h3,5H,2,4H2,1H3;3*4H,1,5H2,2-3H3;/q-1;;;;. The van der Waals surface area contributed by atoms with E-state index >= 15 is 0 Å². The Labute approximate surface area is 183 Å². The summed E-state index contributed by atoms with van der Waals surface area (Å²) in [5, 5.41) is 0. The zero-order valence-electron chi connectivity index (χ0n) is 18.4. The zero-order chi connectivity index (χ0) is 20.1. The molecule has 0 aliphatic heterocycles. The molecule has 0 N–H and O–H groups in total. The minimum absolute atomic E-state index is 0. The molecule has 0 aromatic heterocycles. The average Bonchev–Trinajstić information content (AvgIpc) is 3.02. The number of hydrogen-bond donors (Lipinski definition) is 0. The van der Waals surface area contributed by atoms with Crippen LogP contribution in [0.5, 0.6) is 0 Å². The molecule has 0 amide bonds. The largest absolute Gasteiger partial charge is 0.306 e. The van der Waals surface area contributed by atoms with E-state index in [4.69, 9.17) is 0 Å². The minimum atomic E-state index is 0. The summed E-state index contributed by atoms with van der Waals surface area (Å²) in [6.07, 6.45) is 15.3. The van der Waals surface area contributed by atoms with E-state index in [2.05, 4.69) is 59.6 Å². The van der Waals surface area contributed by atoms with Crippen molar-refractivity contribution in [3.8, 4) is 0 Å². The molecule has 4 heteroatoms. The summed E-state index contributed by atoms with van der Waals surface area (Å²) >= 11 is 0. The summed E-state index contributed by atoms with van der Waals surface area (Å²) in [5.74, 6) is 0. The van der Waals surface area contributed by atoms with Gasteiger partial charge in [0.1, 0.15) is 0 Å². The van der Waals surface area contributed by atoms with Crippen LogP contribution >= 0.6 is 0 Å². The van der Waals surface area contributed by atoms with Crippen LogP contribution in [0.3, 0.4) is 0 Å². The molecule has 3 nitrogen and oxygen atoms in total. The van der Waals surface area contributed by atoms with Crippen molar-refractivity contribution in [2.24, 2.45) is 0 Å². The number of hydrogen-bond acceptors (Lipinski definition) is 3. The molecule has 0 aromatic carbocycles. The molecule has 0 atom stereocenters. The van der Waals surface area contributed by atoms with Crippen LogP contribution in [0.25, 0.3) is 0 Å². The Kier molecular flexibility index (Phi) is 33.9. The van der Waals surface area contributed by atoms with Gasteiger partial charge in [-0.1, -0.05) is 31.6 Å². The molecule has 0 saturated carbocycles. The molecule has 1 aliphatic rings. The van der Waals surface area contributed by atoms with Crippen molar-refractivity contribution in [1.29, 1.82) is 0 Å². The van der Waals surface area contributed by atoms with E-state index in [0.717, 1.165) is 32.5 Å². The van der Waals surface area contributed by atoms with Crippen LogP contribution in [0.2, 0.25) is 0 Å². The molecule has 150 valence electrons. The van der Waals surface area contributed by atoms with Crippen molar-refractivity contribution >= 4 is 0 Å². The van der Waals surface area contributed by atoms with Gasteiger partial charge >= 0.3 is 0 Å². The number of likely N-dealkylation sites (N-methyl/N-ethyl adjacent to an activating group) is 3. The predicted molar refractivity (Wildman–Crippen MR) is 117 cm³/mol. The van der Waals surface area contributed by atoms with Gasteiger partial charge in [0.2, 0.25) is 0 Å². The van der Waals surface area contributed by atoms with Crippen molar-refractivity contribution < 1.29 is 25.8 Å². The van der Waals surface area contributed by atoms with E-state index in [1.165, 1.54) is 5.57 Å². The summed E-state index contributed by atoms with van der Waals surface area (Å²) in [5.41, 5.74) is 1.36. The Balaban J connectivity index is -0.000000123. The van der Waals surface area contributed by atoms with E-state index in [9.17, 15) is 0 Å². The quantitative estimate of drug-likeness (QED) is 0.278. The van der Waals surface area contributed by atoms with E-state index in [-0.39, 0.29) is 25.8 Å². The van der Waals surface area contributed by atoms with Crippen LogP contribution in [-0.4, -0.2) is 76.6 Å². The summed E-state index contributed by atoms with van der Waals surface area (Å²) in [6, 6.07) is 0. The average molecular weight is 527 g/mol. The molecule has 1 aliphatic carbocycles. The Morgan fingerprint density at radius 2 is 1.19 bits per heavy atom. The Morgan fingerprint density at radius 3 is 1.27 bits per heavy atom. The third kappa shape index (κ3) is 38.8. The molecular weight excluding hydrogens is 485 g/mol. The molecule has 0 aromatic rings. The third-order valence-corrected chi connectivity index (χ3v) is 2.63. The van der Waals surface area contributed by atoms with Gasteiger partial charge in [-0.25, -0.2) is 11.6 Å². The molecule has 26 heavy (non-hydrogen) atoms. The molecule has 0 radical (unpaired) electrons. The maximum atomic E-state index is 3.56. The van der Waals surface area contributed by atoms with Crippen molar-refractivity contribution in [2.75, 3.05) is 61.9 Å². The van der Waals surface area contributed by atoms with Crippen LogP contribution in [-0.2, 0) is 25.8 Å². The van der Waals surface area contributed by atoms with Gasteiger partial charge < -0.3 is 14.7 Å². The summed E-state index contributed by atoms with van der Waals surface area (Å²) in [4.78, 5) is 6.19. The molecule has 0 spiro atoms. The Bertz CT molecular complexity index is 336. The maximum Gasteiger partial charge on any atom is 0.0154 e. The van der Waals surface area contributed by atoms with Gasteiger partial charge in [0.05, 0.1) is 0 Å². The first-order valence-electron chi connectivity index (χ1n) is 8.78. The van der Waals surface area contributed by atoms with Gasteiger partial charge in [0.15, 0.2) is 0 Å². The van der Waals surface area contributed by atoms with Crippen LogP contribution in [0.1, 0.15) is 19.8 Å². The second-order valence-electron chi connectivity index (χ2n) is 6.31. The number of rotatable bonds is 7. The van der Waals surface area contributed by atoms with Crippen molar-refractivity contribution in [2.45, 2.75) is 19.8 Å². The number of nitrogens with zero attached hydrogens (tertiary/aromatic N) is 3. The number of allylic oxidation sites excluding steroid dienone is 4. The predicted octanol–water partition coefficient (Wildman–Crippen LogP) is 4.29. The van der Waals surface area contributed by atoms with Gasteiger partial charge in [-0.3, -0.25) is 6.08 Å². The normalized spacial score (nSPS) is 11.1. The third-order valence-electron chi connectivity index (χ3n) is 2.63. The fourth-order valence-electron chi connectivity index (χ4n) is 1.47. The first-order valence-corrected chi connectivity index (χ1v) is 8.78. The topological polar surface area (TPSA) is 9.72 Å². The fourth-order valence-corrected chi connectivity index (χ4v) is 1.47.